The molecule has 19 heavy (non-hydrogen) atoms. The van der Waals surface area contributed by atoms with E-state index in [0.717, 1.165) is 42.6 Å². The average molecular weight is 256 g/mol. The lowest BCUT2D eigenvalue weighted by Crippen LogP contribution is -3.14. The lowest BCUT2D eigenvalue weighted by atomic mass is 10.0. The number of morpholine rings is 1. The third-order valence-corrected chi connectivity index (χ3v) is 3.70. The molecule has 0 spiro atoms. The van der Waals surface area contributed by atoms with E-state index in [4.69, 9.17) is 4.74 Å². The summed E-state index contributed by atoms with van der Waals surface area (Å²) in [5.41, 5.74) is 0.845. The Balaban J connectivity index is 1.85. The molecule has 2 aromatic rings. The Morgan fingerprint density at radius 1 is 1.05 bits per heavy atom. The average Bonchev–Trinajstić information content (AvgIpc) is 2.47. The molecule has 1 saturated heterocycles. The van der Waals surface area contributed by atoms with Gasteiger partial charge >= 0.3 is 0 Å². The van der Waals surface area contributed by atoms with Crippen molar-refractivity contribution in [1.29, 1.82) is 0 Å². The van der Waals surface area contributed by atoms with Gasteiger partial charge in [0, 0.05) is 5.56 Å². The summed E-state index contributed by atoms with van der Waals surface area (Å²) >= 11 is 0. The number of Topliss-reactive ketones (excluding diaryl/α,β-unsaturated/α-hetero) is 1. The third kappa shape index (κ3) is 2.67. The Bertz CT molecular complexity index is 583. The molecule has 3 rings (SSSR count). The normalized spacial score (nSPS) is 16.6. The third-order valence-electron chi connectivity index (χ3n) is 3.70. The van der Waals surface area contributed by atoms with E-state index in [1.165, 1.54) is 4.90 Å². The summed E-state index contributed by atoms with van der Waals surface area (Å²) in [5.74, 6) is 0.230. The zero-order chi connectivity index (χ0) is 13.1. The van der Waals surface area contributed by atoms with E-state index in [1.54, 1.807) is 0 Å². The van der Waals surface area contributed by atoms with Crippen LogP contribution in [0.5, 0.6) is 0 Å². The first kappa shape index (κ1) is 12.3. The van der Waals surface area contributed by atoms with Crippen molar-refractivity contribution in [2.45, 2.75) is 0 Å². The summed E-state index contributed by atoms with van der Waals surface area (Å²) in [6, 6.07) is 14.0. The minimum atomic E-state index is 0.230. The van der Waals surface area contributed by atoms with Gasteiger partial charge in [0.15, 0.2) is 0 Å². The molecule has 1 N–H and O–H groups in total. The second kappa shape index (κ2) is 5.51. The van der Waals surface area contributed by atoms with Gasteiger partial charge in [-0.2, -0.15) is 0 Å². The fourth-order valence-electron chi connectivity index (χ4n) is 2.63. The minimum Gasteiger partial charge on any atom is -0.370 e. The molecule has 3 heteroatoms. The molecule has 0 atom stereocenters. The Morgan fingerprint density at radius 2 is 1.79 bits per heavy atom. The molecule has 1 fully saturated rings. The molecule has 98 valence electrons. The predicted molar refractivity (Wildman–Crippen MR) is 74.7 cm³/mol. The molecule has 1 aliphatic heterocycles. The van der Waals surface area contributed by atoms with Gasteiger partial charge in [-0.25, -0.2) is 0 Å². The van der Waals surface area contributed by atoms with Crippen molar-refractivity contribution in [2.75, 3.05) is 32.8 Å². The van der Waals surface area contributed by atoms with Crippen LogP contribution in [0.3, 0.4) is 0 Å². The number of ether oxygens (including phenoxy) is 1. The van der Waals surface area contributed by atoms with Crippen LogP contribution < -0.4 is 4.90 Å². The quantitative estimate of drug-likeness (QED) is 0.829. The Morgan fingerprint density at radius 3 is 2.63 bits per heavy atom. The summed E-state index contributed by atoms with van der Waals surface area (Å²) in [6.07, 6.45) is 0. The zero-order valence-corrected chi connectivity index (χ0v) is 10.9. The monoisotopic (exact) mass is 256 g/mol. The van der Waals surface area contributed by atoms with Gasteiger partial charge in [0.2, 0.25) is 5.78 Å². The van der Waals surface area contributed by atoms with Gasteiger partial charge in [0.1, 0.15) is 19.6 Å². The number of ketones is 1. The second-order valence-corrected chi connectivity index (χ2v) is 4.99. The van der Waals surface area contributed by atoms with E-state index in [9.17, 15) is 4.79 Å². The second-order valence-electron chi connectivity index (χ2n) is 4.99. The molecule has 0 saturated carbocycles. The topological polar surface area (TPSA) is 30.7 Å². The smallest absolute Gasteiger partial charge is 0.217 e. The Hall–Kier alpha value is -1.71. The Labute approximate surface area is 112 Å². The summed E-state index contributed by atoms with van der Waals surface area (Å²) in [7, 11) is 0. The van der Waals surface area contributed by atoms with E-state index in [1.807, 2.05) is 42.5 Å². The van der Waals surface area contributed by atoms with Gasteiger partial charge < -0.3 is 9.64 Å². The van der Waals surface area contributed by atoms with Crippen molar-refractivity contribution in [1.82, 2.24) is 0 Å². The van der Waals surface area contributed by atoms with E-state index in [0.29, 0.717) is 6.54 Å². The van der Waals surface area contributed by atoms with E-state index < -0.39 is 0 Å². The standard InChI is InChI=1S/C16H17NO2/c18-16(12-17-8-10-19-11-9-17)15-7-3-5-13-4-1-2-6-14(13)15/h1-7H,8-12H2/p+1. The van der Waals surface area contributed by atoms with Crippen LogP contribution in [-0.2, 0) is 4.74 Å². The van der Waals surface area contributed by atoms with Crippen LogP contribution in [0.4, 0.5) is 0 Å². The first-order valence-electron chi connectivity index (χ1n) is 6.77. The molecule has 0 aromatic heterocycles. The molecule has 1 heterocycles. The molecule has 0 aliphatic carbocycles. The van der Waals surface area contributed by atoms with Gasteiger partial charge in [-0.05, 0) is 10.8 Å². The number of carbonyl (C=O) groups is 1. The number of carbonyl (C=O) groups excluding carboxylic acids is 1. The molecule has 3 nitrogen and oxygen atoms in total. The lowest BCUT2D eigenvalue weighted by Gasteiger charge is -2.23. The molecular formula is C16H18NO2+. The number of hydrogen-bond donors (Lipinski definition) is 1. The number of benzene rings is 2. The highest BCUT2D eigenvalue weighted by Crippen LogP contribution is 2.18. The molecule has 0 unspecified atom stereocenters. The first-order chi connectivity index (χ1) is 9.34. The van der Waals surface area contributed by atoms with Crippen molar-refractivity contribution in [3.8, 4) is 0 Å². The van der Waals surface area contributed by atoms with E-state index in [2.05, 4.69) is 0 Å². The molecule has 0 radical (unpaired) electrons. The zero-order valence-electron chi connectivity index (χ0n) is 10.9. The number of fused-ring (bicyclic) bond motifs is 1. The highest BCUT2D eigenvalue weighted by molar-refractivity contribution is 6.08. The van der Waals surface area contributed by atoms with E-state index in [-0.39, 0.29) is 5.78 Å². The fraction of sp³-hybridized carbons (Fsp3) is 0.312. The predicted octanol–water partition coefficient (Wildman–Crippen LogP) is 0.938. The van der Waals surface area contributed by atoms with Crippen LogP contribution in [0.1, 0.15) is 10.4 Å². The van der Waals surface area contributed by atoms with Crippen molar-refractivity contribution in [2.24, 2.45) is 0 Å². The van der Waals surface area contributed by atoms with Crippen LogP contribution in [0.2, 0.25) is 0 Å². The van der Waals surface area contributed by atoms with Crippen LogP contribution in [0, 0.1) is 0 Å². The van der Waals surface area contributed by atoms with Crippen LogP contribution in [0.25, 0.3) is 10.8 Å². The summed E-state index contributed by atoms with van der Waals surface area (Å²) in [6.45, 7) is 3.95. The molecule has 0 amide bonds. The number of quaternary nitrogens is 1. The highest BCUT2D eigenvalue weighted by atomic mass is 16.5. The van der Waals surface area contributed by atoms with Gasteiger partial charge in [0.25, 0.3) is 0 Å². The summed E-state index contributed by atoms with van der Waals surface area (Å²) < 4.78 is 5.33. The van der Waals surface area contributed by atoms with Crippen LogP contribution in [-0.4, -0.2) is 38.6 Å². The maximum absolute atomic E-state index is 12.5. The van der Waals surface area contributed by atoms with Gasteiger partial charge in [-0.15, -0.1) is 0 Å². The van der Waals surface area contributed by atoms with Gasteiger partial charge in [0.05, 0.1) is 13.2 Å². The highest BCUT2D eigenvalue weighted by Gasteiger charge is 2.19. The molecular weight excluding hydrogens is 238 g/mol. The SMILES string of the molecule is O=C(C[NH+]1CCOCC1)c1cccc2ccccc12. The fourth-order valence-corrected chi connectivity index (χ4v) is 2.63. The Kier molecular flexibility index (Phi) is 3.58. The maximum atomic E-state index is 12.5. The maximum Gasteiger partial charge on any atom is 0.217 e. The van der Waals surface area contributed by atoms with Gasteiger partial charge in [-0.3, -0.25) is 4.79 Å². The summed E-state index contributed by atoms with van der Waals surface area (Å²) in [4.78, 5) is 13.8. The lowest BCUT2D eigenvalue weighted by molar-refractivity contribution is -0.899. The largest absolute Gasteiger partial charge is 0.370 e. The number of nitrogens with one attached hydrogen (secondary N) is 1. The summed E-state index contributed by atoms with van der Waals surface area (Å²) in [5, 5.41) is 2.19. The van der Waals surface area contributed by atoms with Crippen LogP contribution >= 0.6 is 0 Å². The van der Waals surface area contributed by atoms with Crippen molar-refractivity contribution >= 4 is 16.6 Å². The van der Waals surface area contributed by atoms with Gasteiger partial charge in [-0.1, -0.05) is 42.5 Å². The van der Waals surface area contributed by atoms with Crippen LogP contribution in [0.15, 0.2) is 42.5 Å². The molecule has 1 aliphatic rings. The van der Waals surface area contributed by atoms with Crippen molar-refractivity contribution < 1.29 is 14.4 Å². The van der Waals surface area contributed by atoms with Crippen molar-refractivity contribution in [3.63, 3.8) is 0 Å². The number of rotatable bonds is 3. The first-order valence-corrected chi connectivity index (χ1v) is 6.77. The molecule has 2 aromatic carbocycles. The minimum absolute atomic E-state index is 0.230. The van der Waals surface area contributed by atoms with Crippen molar-refractivity contribution in [3.05, 3.63) is 48.0 Å². The molecule has 0 bridgehead atoms. The van der Waals surface area contributed by atoms with E-state index >= 15 is 0 Å². The number of hydrogen-bond acceptors (Lipinski definition) is 2.